The zero-order chi connectivity index (χ0) is 19.2. The summed E-state index contributed by atoms with van der Waals surface area (Å²) in [5.41, 5.74) is 0.997. The quantitative estimate of drug-likeness (QED) is 0.530. The number of amides is 2. The second-order valence-corrected chi connectivity index (χ2v) is 5.66. The number of hydrogen-bond acceptors (Lipinski definition) is 7. The summed E-state index contributed by atoms with van der Waals surface area (Å²) in [6, 6.07) is 8.75. The predicted octanol–water partition coefficient (Wildman–Crippen LogP) is 1.16. The molecule has 0 bridgehead atoms. The number of nitrogens with one attached hydrogen (secondary N) is 3. The highest BCUT2D eigenvalue weighted by atomic mass is 16.5. The van der Waals surface area contributed by atoms with Crippen molar-refractivity contribution >= 4 is 34.5 Å². The van der Waals surface area contributed by atoms with Crippen LogP contribution in [0.5, 0.6) is 0 Å². The number of carbonyl (C=O) groups is 3. The van der Waals surface area contributed by atoms with Crippen LogP contribution in [-0.2, 0) is 14.3 Å². The van der Waals surface area contributed by atoms with Gasteiger partial charge in [-0.1, -0.05) is 23.4 Å². The third-order valence-corrected chi connectivity index (χ3v) is 3.56. The largest absolute Gasteiger partial charge is 0.456 e. The van der Waals surface area contributed by atoms with E-state index in [1.807, 2.05) is 12.1 Å². The van der Waals surface area contributed by atoms with Crippen LogP contribution < -0.4 is 10.6 Å². The van der Waals surface area contributed by atoms with Crippen LogP contribution in [0.2, 0.25) is 0 Å². The summed E-state index contributed by atoms with van der Waals surface area (Å²) in [5, 5.41) is 16.0. The Labute approximate surface area is 153 Å². The van der Waals surface area contributed by atoms with Crippen LogP contribution >= 0.6 is 0 Å². The third kappa shape index (κ3) is 4.69. The molecule has 2 heterocycles. The molecule has 1 aromatic carbocycles. The minimum absolute atomic E-state index is 0.0585. The highest BCUT2D eigenvalue weighted by Gasteiger charge is 2.14. The number of benzene rings is 1. The molecule has 2 aromatic heterocycles. The smallest absolute Gasteiger partial charge is 0.308 e. The number of anilines is 1. The molecule has 2 amide bonds. The van der Waals surface area contributed by atoms with E-state index in [-0.39, 0.29) is 24.5 Å². The van der Waals surface area contributed by atoms with Gasteiger partial charge in [-0.05, 0) is 13.0 Å². The lowest BCUT2D eigenvalue weighted by Gasteiger charge is -2.05. The van der Waals surface area contributed by atoms with Gasteiger partial charge < -0.3 is 19.9 Å². The molecule has 10 nitrogen and oxygen atoms in total. The van der Waals surface area contributed by atoms with Gasteiger partial charge in [-0.3, -0.25) is 19.5 Å². The molecule has 0 fully saturated rings. The second kappa shape index (κ2) is 8.13. The van der Waals surface area contributed by atoms with Crippen molar-refractivity contribution in [1.29, 1.82) is 0 Å². The molecule has 140 valence electrons. The number of fused-ring (bicyclic) bond motifs is 1. The lowest BCUT2D eigenvalue weighted by molar-refractivity contribution is -0.147. The summed E-state index contributed by atoms with van der Waals surface area (Å²) in [7, 11) is 0. The van der Waals surface area contributed by atoms with Crippen LogP contribution in [-0.4, -0.2) is 46.3 Å². The topological polar surface area (TPSA) is 139 Å². The first-order valence-corrected chi connectivity index (χ1v) is 8.13. The average molecular weight is 371 g/mol. The average Bonchev–Trinajstić information content (AvgIpc) is 3.26. The lowest BCUT2D eigenvalue weighted by Crippen LogP contribution is -2.28. The van der Waals surface area contributed by atoms with Gasteiger partial charge in [0.25, 0.3) is 11.8 Å². The van der Waals surface area contributed by atoms with Crippen molar-refractivity contribution in [3.63, 3.8) is 0 Å². The molecule has 10 heteroatoms. The number of carbonyl (C=O) groups excluding carboxylic acids is 3. The van der Waals surface area contributed by atoms with Gasteiger partial charge in [0.15, 0.2) is 18.1 Å². The minimum Gasteiger partial charge on any atom is -0.456 e. The van der Waals surface area contributed by atoms with Crippen molar-refractivity contribution in [2.24, 2.45) is 0 Å². The molecule has 0 radical (unpaired) electrons. The summed E-state index contributed by atoms with van der Waals surface area (Å²) in [5.74, 6) is -0.772. The fourth-order valence-electron chi connectivity index (χ4n) is 2.32. The Bertz CT molecular complexity index is 977. The number of nitrogens with zero attached hydrogens (tertiary/aromatic N) is 2. The number of hydrogen-bond donors (Lipinski definition) is 3. The van der Waals surface area contributed by atoms with Crippen molar-refractivity contribution in [2.75, 3.05) is 18.5 Å². The van der Waals surface area contributed by atoms with Gasteiger partial charge in [0.05, 0.1) is 11.9 Å². The summed E-state index contributed by atoms with van der Waals surface area (Å²) in [6.07, 6.45) is -0.0789. The van der Waals surface area contributed by atoms with Crippen LogP contribution in [0.15, 0.2) is 34.9 Å². The summed E-state index contributed by atoms with van der Waals surface area (Å²) >= 11 is 0. The minimum atomic E-state index is -0.617. The number of aromatic nitrogens is 3. The fraction of sp³-hybridized carbons (Fsp3) is 0.235. The molecule has 3 aromatic rings. The van der Waals surface area contributed by atoms with Gasteiger partial charge >= 0.3 is 5.97 Å². The maximum Gasteiger partial charge on any atom is 0.308 e. The molecule has 27 heavy (non-hydrogen) atoms. The molecule has 0 saturated carbocycles. The van der Waals surface area contributed by atoms with E-state index in [1.54, 1.807) is 19.1 Å². The molecule has 3 rings (SSSR count). The monoisotopic (exact) mass is 371 g/mol. The van der Waals surface area contributed by atoms with E-state index in [4.69, 9.17) is 9.26 Å². The molecular formula is C17H17N5O5. The number of aromatic amines is 1. The Morgan fingerprint density at radius 2 is 2.07 bits per heavy atom. The summed E-state index contributed by atoms with van der Waals surface area (Å²) in [4.78, 5) is 35.5. The van der Waals surface area contributed by atoms with E-state index in [0.717, 1.165) is 5.52 Å². The molecule has 0 aliphatic rings. The molecule has 0 aliphatic carbocycles. The van der Waals surface area contributed by atoms with Gasteiger partial charge in [-0.2, -0.15) is 5.10 Å². The maximum absolute atomic E-state index is 12.1. The van der Waals surface area contributed by atoms with E-state index in [9.17, 15) is 14.4 Å². The highest BCUT2D eigenvalue weighted by Crippen LogP contribution is 2.14. The van der Waals surface area contributed by atoms with Crippen molar-refractivity contribution in [1.82, 2.24) is 20.7 Å². The Kier molecular flexibility index (Phi) is 5.45. The molecule has 3 N–H and O–H groups in total. The zero-order valence-electron chi connectivity index (χ0n) is 14.4. The van der Waals surface area contributed by atoms with Crippen LogP contribution in [0.4, 0.5) is 5.82 Å². The molecular weight excluding hydrogens is 354 g/mol. The lowest BCUT2D eigenvalue weighted by atomic mass is 10.2. The highest BCUT2D eigenvalue weighted by molar-refractivity contribution is 6.04. The van der Waals surface area contributed by atoms with E-state index in [2.05, 4.69) is 26.0 Å². The first-order valence-electron chi connectivity index (χ1n) is 8.13. The van der Waals surface area contributed by atoms with Gasteiger partial charge in [-0.25, -0.2) is 0 Å². The fourth-order valence-corrected chi connectivity index (χ4v) is 2.32. The van der Waals surface area contributed by atoms with Gasteiger partial charge in [0.2, 0.25) is 0 Å². The van der Waals surface area contributed by atoms with Crippen LogP contribution in [0.25, 0.3) is 10.9 Å². The third-order valence-electron chi connectivity index (χ3n) is 3.56. The second-order valence-electron chi connectivity index (χ2n) is 5.66. The first kappa shape index (κ1) is 18.1. The SMILES string of the molecule is Cc1cc(NC(=O)COC(=O)CCNC(=O)c2n[nH]c3ccccc23)no1. The number of ether oxygens (including phenoxy) is 1. The number of esters is 1. The van der Waals surface area contributed by atoms with Crippen LogP contribution in [0.3, 0.4) is 0 Å². The van der Waals surface area contributed by atoms with E-state index < -0.39 is 24.4 Å². The van der Waals surface area contributed by atoms with Crippen molar-refractivity contribution in [3.8, 4) is 0 Å². The molecule has 0 aliphatic heterocycles. The molecule has 0 unspecified atom stereocenters. The summed E-state index contributed by atoms with van der Waals surface area (Å²) < 4.78 is 9.65. The van der Waals surface area contributed by atoms with E-state index in [0.29, 0.717) is 11.1 Å². The number of para-hydroxylation sites is 1. The first-order chi connectivity index (χ1) is 13.0. The molecule has 0 atom stereocenters. The Balaban J connectivity index is 1.39. The van der Waals surface area contributed by atoms with Crippen molar-refractivity contribution in [2.45, 2.75) is 13.3 Å². The van der Waals surface area contributed by atoms with E-state index in [1.165, 1.54) is 6.07 Å². The maximum atomic E-state index is 12.1. The predicted molar refractivity (Wildman–Crippen MR) is 93.9 cm³/mol. The number of H-pyrrole nitrogens is 1. The van der Waals surface area contributed by atoms with E-state index >= 15 is 0 Å². The van der Waals surface area contributed by atoms with Gasteiger partial charge in [0.1, 0.15) is 5.76 Å². The summed E-state index contributed by atoms with van der Waals surface area (Å²) in [6.45, 7) is 1.29. The number of aryl methyl sites for hydroxylation is 1. The normalized spacial score (nSPS) is 10.6. The Hall–Kier alpha value is -3.69. The van der Waals surface area contributed by atoms with Crippen LogP contribution in [0.1, 0.15) is 22.7 Å². The Morgan fingerprint density at radius 3 is 2.85 bits per heavy atom. The number of rotatable bonds is 7. The standard InChI is InChI=1S/C17H17N5O5/c1-10-8-13(22-27-10)19-14(23)9-26-15(24)6-7-18-17(25)16-11-4-2-3-5-12(11)20-21-16/h2-5,8H,6-7,9H2,1H3,(H,18,25)(H,20,21)(H,19,22,23). The zero-order valence-corrected chi connectivity index (χ0v) is 14.4. The van der Waals surface area contributed by atoms with Gasteiger partial charge in [-0.15, -0.1) is 0 Å². The van der Waals surface area contributed by atoms with Crippen molar-refractivity contribution < 1.29 is 23.6 Å². The molecule has 0 spiro atoms. The molecule has 0 saturated heterocycles. The Morgan fingerprint density at radius 1 is 1.26 bits per heavy atom. The van der Waals surface area contributed by atoms with Gasteiger partial charge in [0, 0.05) is 18.0 Å². The van der Waals surface area contributed by atoms with Crippen LogP contribution in [0, 0.1) is 6.92 Å². The van der Waals surface area contributed by atoms with Crippen molar-refractivity contribution in [3.05, 3.63) is 41.8 Å².